The fraction of sp³-hybridized carbons (Fsp3) is 0.875. The molecule has 1 saturated heterocycles. The number of nitrogens with one attached hydrogen (secondary N) is 1. The molecule has 3 unspecified atom stereocenters. The monoisotopic (exact) mass is 195 g/mol. The Morgan fingerprint density at radius 1 is 1.31 bits per heavy atom. The molecule has 1 amide bonds. The molecule has 0 aromatic heterocycles. The third-order valence-corrected chi connectivity index (χ3v) is 2.76. The van der Waals surface area contributed by atoms with Gasteiger partial charge in [-0.1, -0.05) is 0 Å². The van der Waals surface area contributed by atoms with Gasteiger partial charge in [0.1, 0.15) is 5.92 Å². The van der Waals surface area contributed by atoms with Crippen LogP contribution in [0.5, 0.6) is 0 Å². The number of alkyl halides is 3. The first-order chi connectivity index (χ1) is 5.71. The summed E-state index contributed by atoms with van der Waals surface area (Å²) in [5.41, 5.74) is -2.68. The summed E-state index contributed by atoms with van der Waals surface area (Å²) in [5.74, 6) is -6.01. The lowest BCUT2D eigenvalue weighted by Gasteiger charge is -2.42. The fourth-order valence-electron chi connectivity index (χ4n) is 1.35. The van der Waals surface area contributed by atoms with E-state index >= 15 is 0 Å². The maximum atomic E-state index is 13.5. The highest BCUT2D eigenvalue weighted by Gasteiger charge is 2.63. The molecule has 0 aliphatic carbocycles. The van der Waals surface area contributed by atoms with E-state index in [1.807, 2.05) is 0 Å². The van der Waals surface area contributed by atoms with Crippen LogP contribution in [0.25, 0.3) is 0 Å². The molecule has 1 fully saturated rings. The summed E-state index contributed by atoms with van der Waals surface area (Å²) in [6.45, 7) is 3.07. The van der Waals surface area contributed by atoms with Gasteiger partial charge in [-0.2, -0.15) is 0 Å². The van der Waals surface area contributed by atoms with Gasteiger partial charge in [-0.15, -0.1) is 0 Å². The van der Waals surface area contributed by atoms with E-state index in [2.05, 4.69) is 5.32 Å². The van der Waals surface area contributed by atoms with Crippen LogP contribution in [0, 0.1) is 5.92 Å². The third kappa shape index (κ3) is 1.21. The highest BCUT2D eigenvalue weighted by atomic mass is 19.3. The van der Waals surface area contributed by atoms with Gasteiger partial charge in [0.15, 0.2) is 5.67 Å². The molecule has 0 bridgehead atoms. The number of piperidine rings is 1. The van der Waals surface area contributed by atoms with Crippen molar-refractivity contribution in [2.75, 3.05) is 0 Å². The lowest BCUT2D eigenvalue weighted by atomic mass is 9.80. The van der Waals surface area contributed by atoms with E-state index in [9.17, 15) is 18.0 Å². The molecular weight excluding hydrogens is 183 g/mol. The zero-order valence-corrected chi connectivity index (χ0v) is 7.70. The van der Waals surface area contributed by atoms with Crippen LogP contribution in [0.2, 0.25) is 0 Å². The summed E-state index contributed by atoms with van der Waals surface area (Å²) < 4.78 is 40.0. The van der Waals surface area contributed by atoms with E-state index in [1.54, 1.807) is 0 Å². The molecule has 0 saturated carbocycles. The van der Waals surface area contributed by atoms with Crippen molar-refractivity contribution in [2.24, 2.45) is 5.92 Å². The number of halogens is 3. The molecule has 5 heteroatoms. The Bertz CT molecular complexity index is 240. The highest BCUT2D eigenvalue weighted by molar-refractivity contribution is 5.81. The number of hydrogen-bond acceptors (Lipinski definition) is 1. The van der Waals surface area contributed by atoms with Gasteiger partial charge in [0.25, 0.3) is 5.92 Å². The first-order valence-electron chi connectivity index (χ1n) is 4.08. The lowest BCUT2D eigenvalue weighted by molar-refractivity contribution is -0.197. The van der Waals surface area contributed by atoms with Gasteiger partial charge in [0.05, 0.1) is 6.04 Å². The SMILES string of the molecule is CC1NC(=O)C(C)C(F)(F)C1(C)F. The second-order valence-electron chi connectivity index (χ2n) is 3.65. The van der Waals surface area contributed by atoms with Crippen LogP contribution >= 0.6 is 0 Å². The standard InChI is InChI=1S/C8H12F3NO/c1-4-6(13)12-5(2)7(3,9)8(4,10)11/h4-5H,1-3H3,(H,12,13). The Morgan fingerprint density at radius 2 is 1.77 bits per heavy atom. The zero-order chi connectivity index (χ0) is 10.4. The number of carbonyl (C=O) groups is 1. The van der Waals surface area contributed by atoms with Gasteiger partial charge in [0.2, 0.25) is 5.91 Å². The minimum atomic E-state index is -3.60. The van der Waals surface area contributed by atoms with E-state index in [4.69, 9.17) is 0 Å². The van der Waals surface area contributed by atoms with E-state index in [1.165, 1.54) is 6.92 Å². The van der Waals surface area contributed by atoms with Crippen LogP contribution in [-0.2, 0) is 4.79 Å². The summed E-state index contributed by atoms with van der Waals surface area (Å²) in [5, 5.41) is 2.18. The number of carbonyl (C=O) groups excluding carboxylic acids is 1. The van der Waals surface area contributed by atoms with E-state index in [0.717, 1.165) is 13.8 Å². The van der Waals surface area contributed by atoms with E-state index in [0.29, 0.717) is 0 Å². The largest absolute Gasteiger partial charge is 0.350 e. The van der Waals surface area contributed by atoms with E-state index < -0.39 is 29.5 Å². The van der Waals surface area contributed by atoms with Gasteiger partial charge in [0, 0.05) is 0 Å². The summed E-state index contributed by atoms with van der Waals surface area (Å²) in [7, 11) is 0. The molecule has 3 atom stereocenters. The molecule has 1 N–H and O–H groups in total. The Labute approximate surface area is 74.5 Å². The highest BCUT2D eigenvalue weighted by Crippen LogP contribution is 2.43. The van der Waals surface area contributed by atoms with Crippen molar-refractivity contribution in [3.8, 4) is 0 Å². The third-order valence-electron chi connectivity index (χ3n) is 2.76. The fourth-order valence-corrected chi connectivity index (χ4v) is 1.35. The van der Waals surface area contributed by atoms with Crippen molar-refractivity contribution >= 4 is 5.91 Å². The molecule has 0 aromatic rings. The molecule has 2 nitrogen and oxygen atoms in total. The molecule has 1 aliphatic rings. The quantitative estimate of drug-likeness (QED) is 0.623. The molecule has 0 spiro atoms. The first-order valence-corrected chi connectivity index (χ1v) is 4.08. The molecule has 1 aliphatic heterocycles. The average molecular weight is 195 g/mol. The molecule has 13 heavy (non-hydrogen) atoms. The zero-order valence-electron chi connectivity index (χ0n) is 7.70. The Balaban J connectivity index is 3.07. The number of hydrogen-bond donors (Lipinski definition) is 1. The molecular formula is C8H12F3NO. The molecule has 0 radical (unpaired) electrons. The molecule has 0 aromatic carbocycles. The van der Waals surface area contributed by atoms with Crippen LogP contribution in [-0.4, -0.2) is 23.5 Å². The summed E-state index contributed by atoms with van der Waals surface area (Å²) in [6, 6.07) is -1.16. The van der Waals surface area contributed by atoms with Crippen molar-refractivity contribution < 1.29 is 18.0 Å². The topological polar surface area (TPSA) is 29.1 Å². The second-order valence-corrected chi connectivity index (χ2v) is 3.65. The first kappa shape index (κ1) is 10.3. The van der Waals surface area contributed by atoms with Crippen LogP contribution in [0.1, 0.15) is 20.8 Å². The maximum absolute atomic E-state index is 13.5. The Kier molecular flexibility index (Phi) is 2.09. The summed E-state index contributed by atoms with van der Waals surface area (Å²) >= 11 is 0. The molecule has 1 rings (SSSR count). The van der Waals surface area contributed by atoms with Gasteiger partial charge in [-0.05, 0) is 20.8 Å². The molecule has 76 valence electrons. The van der Waals surface area contributed by atoms with Gasteiger partial charge < -0.3 is 5.32 Å². The van der Waals surface area contributed by atoms with Crippen LogP contribution < -0.4 is 5.32 Å². The van der Waals surface area contributed by atoms with Crippen molar-refractivity contribution in [3.05, 3.63) is 0 Å². The van der Waals surface area contributed by atoms with Crippen molar-refractivity contribution in [1.82, 2.24) is 5.32 Å². The van der Waals surface area contributed by atoms with E-state index in [-0.39, 0.29) is 0 Å². The van der Waals surface area contributed by atoms with Crippen LogP contribution in [0.15, 0.2) is 0 Å². The smallest absolute Gasteiger partial charge is 0.294 e. The summed E-state index contributed by atoms with van der Waals surface area (Å²) in [6.07, 6.45) is 0. The minimum Gasteiger partial charge on any atom is -0.350 e. The van der Waals surface area contributed by atoms with Crippen LogP contribution in [0.4, 0.5) is 13.2 Å². The normalized spacial score (nSPS) is 44.3. The average Bonchev–Trinajstić information content (AvgIpc) is 2.00. The Hall–Kier alpha value is -0.740. The summed E-state index contributed by atoms with van der Waals surface area (Å²) in [4.78, 5) is 11.0. The molecule has 1 heterocycles. The minimum absolute atomic E-state index is 0.798. The maximum Gasteiger partial charge on any atom is 0.294 e. The van der Waals surface area contributed by atoms with Gasteiger partial charge in [-0.3, -0.25) is 4.79 Å². The van der Waals surface area contributed by atoms with Crippen molar-refractivity contribution in [1.29, 1.82) is 0 Å². The second kappa shape index (κ2) is 2.62. The van der Waals surface area contributed by atoms with Crippen LogP contribution in [0.3, 0.4) is 0 Å². The Morgan fingerprint density at radius 3 is 2.23 bits per heavy atom. The number of amides is 1. The van der Waals surface area contributed by atoms with Crippen molar-refractivity contribution in [3.63, 3.8) is 0 Å². The predicted molar refractivity (Wildman–Crippen MR) is 41.2 cm³/mol. The predicted octanol–water partition coefficient (Wildman–Crippen LogP) is 1.50. The van der Waals surface area contributed by atoms with Gasteiger partial charge in [-0.25, -0.2) is 13.2 Å². The van der Waals surface area contributed by atoms with Gasteiger partial charge >= 0.3 is 0 Å². The van der Waals surface area contributed by atoms with Crippen molar-refractivity contribution in [2.45, 2.75) is 38.4 Å². The lowest BCUT2D eigenvalue weighted by Crippen LogP contribution is -2.66. The number of rotatable bonds is 0.